The Morgan fingerprint density at radius 3 is 2.19 bits per heavy atom. The first-order valence-electron chi connectivity index (χ1n) is 10.1. The first kappa shape index (κ1) is 17.6. The summed E-state index contributed by atoms with van der Waals surface area (Å²) >= 11 is 0. The van der Waals surface area contributed by atoms with Gasteiger partial charge < -0.3 is 4.90 Å². The van der Waals surface area contributed by atoms with Gasteiger partial charge in [-0.2, -0.15) is 0 Å². The third-order valence-corrected chi connectivity index (χ3v) is 6.16. The fourth-order valence-corrected chi connectivity index (χ4v) is 4.58. The van der Waals surface area contributed by atoms with Crippen LogP contribution in [0.1, 0.15) is 25.3 Å². The van der Waals surface area contributed by atoms with Crippen LogP contribution in [0.15, 0.2) is 60.7 Å². The van der Waals surface area contributed by atoms with Gasteiger partial charge in [-0.1, -0.05) is 48.5 Å². The summed E-state index contributed by atoms with van der Waals surface area (Å²) in [7, 11) is 0. The molecule has 3 heteroatoms. The molecule has 2 aromatic carbocycles. The Labute approximate surface area is 158 Å². The lowest BCUT2D eigenvalue weighted by Crippen LogP contribution is -2.60. The number of rotatable bonds is 5. The third kappa shape index (κ3) is 3.94. The predicted molar refractivity (Wildman–Crippen MR) is 110 cm³/mol. The molecule has 26 heavy (non-hydrogen) atoms. The molecule has 2 saturated heterocycles. The summed E-state index contributed by atoms with van der Waals surface area (Å²) in [4.78, 5) is 8.01. The molecule has 2 aliphatic rings. The number of piperazine rings is 1. The van der Waals surface area contributed by atoms with Crippen LogP contribution in [0, 0.1) is 0 Å². The number of anilines is 1. The van der Waals surface area contributed by atoms with Crippen LogP contribution in [0.25, 0.3) is 0 Å². The molecule has 0 bridgehead atoms. The highest BCUT2D eigenvalue weighted by molar-refractivity contribution is 5.46. The molecule has 0 radical (unpaired) electrons. The highest BCUT2D eigenvalue weighted by atomic mass is 15.3. The Morgan fingerprint density at radius 1 is 0.846 bits per heavy atom. The number of para-hydroxylation sites is 1. The van der Waals surface area contributed by atoms with Gasteiger partial charge in [0.05, 0.1) is 0 Å². The molecule has 3 nitrogen and oxygen atoms in total. The lowest BCUT2D eigenvalue weighted by Gasteiger charge is -2.47. The number of nitrogens with zero attached hydrogens (tertiary/aromatic N) is 3. The van der Waals surface area contributed by atoms with E-state index in [1.54, 1.807) is 0 Å². The minimum absolute atomic E-state index is 0.572. The fourth-order valence-electron chi connectivity index (χ4n) is 4.58. The van der Waals surface area contributed by atoms with Crippen LogP contribution >= 0.6 is 0 Å². The van der Waals surface area contributed by atoms with E-state index in [2.05, 4.69) is 82.3 Å². The average molecular weight is 350 g/mol. The van der Waals surface area contributed by atoms with Gasteiger partial charge in [0.25, 0.3) is 0 Å². The van der Waals surface area contributed by atoms with Gasteiger partial charge in [-0.25, -0.2) is 0 Å². The van der Waals surface area contributed by atoms with Crippen molar-refractivity contribution in [1.82, 2.24) is 9.80 Å². The number of benzene rings is 2. The van der Waals surface area contributed by atoms with Crippen molar-refractivity contribution in [2.75, 3.05) is 37.6 Å². The van der Waals surface area contributed by atoms with Crippen LogP contribution in [0.2, 0.25) is 0 Å². The topological polar surface area (TPSA) is 9.72 Å². The summed E-state index contributed by atoms with van der Waals surface area (Å²) in [6, 6.07) is 23.1. The molecule has 4 rings (SSSR count). The lowest BCUT2D eigenvalue weighted by molar-refractivity contribution is 0.0846. The van der Waals surface area contributed by atoms with Gasteiger partial charge in [0.15, 0.2) is 0 Å². The van der Waals surface area contributed by atoms with E-state index in [9.17, 15) is 0 Å². The van der Waals surface area contributed by atoms with Crippen LogP contribution in [-0.2, 0) is 6.54 Å². The van der Waals surface area contributed by atoms with Crippen molar-refractivity contribution in [1.29, 1.82) is 0 Å². The van der Waals surface area contributed by atoms with Crippen molar-refractivity contribution in [2.24, 2.45) is 0 Å². The van der Waals surface area contributed by atoms with Crippen LogP contribution in [0.3, 0.4) is 0 Å². The standard InChI is InChI=1S/C23H31N3/c1-20(24-14-8-9-15-24)23-19-25(22-12-6-3-7-13-22)16-17-26(23)18-21-10-4-2-5-11-21/h2-7,10-13,20,23H,8-9,14-19H2,1H3/t20-,23+/m1/s1. The van der Waals surface area contributed by atoms with Crippen molar-refractivity contribution >= 4 is 5.69 Å². The van der Waals surface area contributed by atoms with E-state index in [1.807, 2.05) is 0 Å². The van der Waals surface area contributed by atoms with Crippen LogP contribution in [0.5, 0.6) is 0 Å². The van der Waals surface area contributed by atoms with E-state index in [1.165, 1.54) is 37.2 Å². The highest BCUT2D eigenvalue weighted by Crippen LogP contribution is 2.25. The molecule has 0 amide bonds. The Balaban J connectivity index is 1.53. The Bertz CT molecular complexity index is 666. The minimum Gasteiger partial charge on any atom is -0.369 e. The molecule has 0 aliphatic carbocycles. The predicted octanol–water partition coefficient (Wildman–Crippen LogP) is 3.86. The Hall–Kier alpha value is -1.84. The van der Waals surface area contributed by atoms with Gasteiger partial charge >= 0.3 is 0 Å². The van der Waals surface area contributed by atoms with Gasteiger partial charge in [-0.15, -0.1) is 0 Å². The summed E-state index contributed by atoms with van der Waals surface area (Å²) < 4.78 is 0. The molecule has 0 unspecified atom stereocenters. The highest BCUT2D eigenvalue weighted by Gasteiger charge is 2.34. The number of hydrogen-bond donors (Lipinski definition) is 0. The van der Waals surface area contributed by atoms with E-state index >= 15 is 0 Å². The lowest BCUT2D eigenvalue weighted by atomic mass is 10.0. The normalized spacial score (nSPS) is 23.3. The smallest absolute Gasteiger partial charge is 0.0428 e. The Morgan fingerprint density at radius 2 is 1.50 bits per heavy atom. The van der Waals surface area contributed by atoms with Crippen molar-refractivity contribution in [3.05, 3.63) is 66.2 Å². The van der Waals surface area contributed by atoms with Crippen LogP contribution in [0.4, 0.5) is 5.69 Å². The molecule has 2 aromatic rings. The van der Waals surface area contributed by atoms with E-state index in [4.69, 9.17) is 0 Å². The van der Waals surface area contributed by atoms with E-state index in [-0.39, 0.29) is 0 Å². The average Bonchev–Trinajstić information content (AvgIpc) is 3.24. The number of hydrogen-bond acceptors (Lipinski definition) is 3. The first-order valence-corrected chi connectivity index (χ1v) is 10.1. The molecule has 0 saturated carbocycles. The fraction of sp³-hybridized carbons (Fsp3) is 0.478. The van der Waals surface area contributed by atoms with Crippen molar-refractivity contribution < 1.29 is 0 Å². The van der Waals surface area contributed by atoms with Gasteiger partial charge in [-0.05, 0) is 50.6 Å². The van der Waals surface area contributed by atoms with E-state index in [0.717, 1.165) is 26.2 Å². The molecule has 2 heterocycles. The summed E-state index contributed by atoms with van der Waals surface area (Å²) in [5.74, 6) is 0. The Kier molecular flexibility index (Phi) is 5.57. The van der Waals surface area contributed by atoms with Crippen LogP contribution < -0.4 is 4.90 Å². The summed E-state index contributed by atoms with van der Waals surface area (Å²) in [6.07, 6.45) is 2.72. The maximum atomic E-state index is 2.72. The quantitative estimate of drug-likeness (QED) is 0.811. The second-order valence-electron chi connectivity index (χ2n) is 7.79. The maximum Gasteiger partial charge on any atom is 0.0428 e. The largest absolute Gasteiger partial charge is 0.369 e. The summed E-state index contributed by atoms with van der Waals surface area (Å²) in [5.41, 5.74) is 2.80. The van der Waals surface area contributed by atoms with Crippen LogP contribution in [-0.4, -0.2) is 54.6 Å². The molecular formula is C23H31N3. The van der Waals surface area contributed by atoms with Gasteiger partial charge in [0.1, 0.15) is 0 Å². The summed E-state index contributed by atoms with van der Waals surface area (Å²) in [5, 5.41) is 0. The zero-order chi connectivity index (χ0) is 17.8. The molecule has 0 spiro atoms. The summed E-state index contributed by atoms with van der Waals surface area (Å²) in [6.45, 7) is 9.40. The zero-order valence-electron chi connectivity index (χ0n) is 15.9. The molecular weight excluding hydrogens is 318 g/mol. The van der Waals surface area contributed by atoms with E-state index in [0.29, 0.717) is 12.1 Å². The minimum atomic E-state index is 0.572. The first-order chi connectivity index (χ1) is 12.8. The van der Waals surface area contributed by atoms with Gasteiger partial charge in [0.2, 0.25) is 0 Å². The second-order valence-corrected chi connectivity index (χ2v) is 7.79. The molecule has 138 valence electrons. The molecule has 2 aliphatic heterocycles. The molecule has 2 atom stereocenters. The number of likely N-dealkylation sites (tertiary alicyclic amines) is 1. The SMILES string of the molecule is C[C@H]([C@@H]1CN(c2ccccc2)CCN1Cc1ccccc1)N1CCCC1. The van der Waals surface area contributed by atoms with Gasteiger partial charge in [0, 0.05) is 44.0 Å². The third-order valence-electron chi connectivity index (χ3n) is 6.16. The van der Waals surface area contributed by atoms with Crippen molar-refractivity contribution in [2.45, 2.75) is 38.4 Å². The van der Waals surface area contributed by atoms with E-state index < -0.39 is 0 Å². The second kappa shape index (κ2) is 8.24. The molecule has 0 N–H and O–H groups in total. The van der Waals surface area contributed by atoms with Crippen molar-refractivity contribution in [3.63, 3.8) is 0 Å². The monoisotopic (exact) mass is 349 g/mol. The van der Waals surface area contributed by atoms with Crippen molar-refractivity contribution in [3.8, 4) is 0 Å². The maximum absolute atomic E-state index is 2.72. The molecule has 0 aromatic heterocycles. The van der Waals surface area contributed by atoms with Gasteiger partial charge in [-0.3, -0.25) is 9.80 Å². The zero-order valence-corrected chi connectivity index (χ0v) is 15.9. The molecule has 2 fully saturated rings.